The molecule has 0 heterocycles. The molecule has 0 atom stereocenters. The first kappa shape index (κ1) is 13.0. The van der Waals surface area contributed by atoms with Crippen LogP contribution in [0.3, 0.4) is 0 Å². The molecular weight excluding hydrogens is 232 g/mol. The molecule has 0 N–H and O–H groups in total. The molecule has 2 rings (SSSR count). The molecule has 0 unspecified atom stereocenters. The minimum atomic E-state index is 0.0291. The van der Waals surface area contributed by atoms with E-state index >= 15 is 0 Å². The Morgan fingerprint density at radius 3 is 2.05 bits per heavy atom. The molecule has 2 aromatic carbocycles. The minimum absolute atomic E-state index is 0.0291. The molecule has 0 aliphatic heterocycles. The lowest BCUT2D eigenvalue weighted by Crippen LogP contribution is -1.92. The molecule has 1 heteroatoms. The van der Waals surface area contributed by atoms with Crippen LogP contribution in [-0.4, -0.2) is 5.78 Å². The van der Waals surface area contributed by atoms with E-state index < -0.39 is 0 Å². The highest BCUT2D eigenvalue weighted by molar-refractivity contribution is 6.04. The van der Waals surface area contributed by atoms with Gasteiger partial charge in [-0.05, 0) is 18.6 Å². The van der Waals surface area contributed by atoms with Gasteiger partial charge in [0.25, 0.3) is 0 Å². The maximum absolute atomic E-state index is 11.9. The van der Waals surface area contributed by atoms with E-state index in [-0.39, 0.29) is 5.78 Å². The lowest BCUT2D eigenvalue weighted by atomic mass is 10.1. The normalized spacial score (nSPS) is 11.7. The molecule has 0 aliphatic carbocycles. The maximum atomic E-state index is 11.9. The second-order valence-electron chi connectivity index (χ2n) is 4.36. The van der Waals surface area contributed by atoms with Crippen molar-refractivity contribution in [1.29, 1.82) is 0 Å². The minimum Gasteiger partial charge on any atom is -0.289 e. The Balaban J connectivity index is 2.07. The lowest BCUT2D eigenvalue weighted by Gasteiger charge is -1.96. The molecule has 1 nitrogen and oxygen atoms in total. The third-order valence-electron chi connectivity index (χ3n) is 2.75. The summed E-state index contributed by atoms with van der Waals surface area (Å²) in [6.07, 6.45) is 5.52. The molecule has 0 saturated heterocycles. The molecule has 2 aromatic rings. The van der Waals surface area contributed by atoms with Gasteiger partial charge in [0.05, 0.1) is 0 Å². The van der Waals surface area contributed by atoms with Gasteiger partial charge in [-0.15, -0.1) is 0 Å². The van der Waals surface area contributed by atoms with Gasteiger partial charge in [0.2, 0.25) is 0 Å². The summed E-state index contributed by atoms with van der Waals surface area (Å²) in [5.41, 5.74) is 2.90. The van der Waals surface area contributed by atoms with Crippen LogP contribution in [0.4, 0.5) is 0 Å². The van der Waals surface area contributed by atoms with Crippen molar-refractivity contribution in [1.82, 2.24) is 0 Å². The van der Waals surface area contributed by atoms with Crippen LogP contribution in [0, 0.1) is 0 Å². The molecule has 0 fully saturated rings. The van der Waals surface area contributed by atoms with Crippen molar-refractivity contribution >= 4 is 11.9 Å². The number of ketones is 1. The van der Waals surface area contributed by atoms with E-state index in [9.17, 15) is 4.79 Å². The number of carbonyl (C=O) groups excluding carboxylic acids is 1. The smallest absolute Gasteiger partial charge is 0.185 e. The summed E-state index contributed by atoms with van der Waals surface area (Å²) >= 11 is 0. The zero-order chi connectivity index (χ0) is 13.5. The van der Waals surface area contributed by atoms with Crippen molar-refractivity contribution in [3.63, 3.8) is 0 Å². The van der Waals surface area contributed by atoms with E-state index in [0.717, 1.165) is 11.1 Å². The van der Waals surface area contributed by atoms with E-state index in [1.165, 1.54) is 0 Å². The molecule has 94 valence electrons. The zero-order valence-corrected chi connectivity index (χ0v) is 10.9. The number of allylic oxidation sites excluding steroid dienone is 3. The first-order chi connectivity index (χ1) is 9.25. The van der Waals surface area contributed by atoms with Crippen molar-refractivity contribution in [3.8, 4) is 0 Å². The molecule has 0 aromatic heterocycles. The highest BCUT2D eigenvalue weighted by Gasteiger charge is 1.98. The van der Waals surface area contributed by atoms with Crippen LogP contribution in [0.1, 0.15) is 22.8 Å². The van der Waals surface area contributed by atoms with Gasteiger partial charge in [-0.25, -0.2) is 0 Å². The summed E-state index contributed by atoms with van der Waals surface area (Å²) in [6, 6.07) is 19.3. The monoisotopic (exact) mass is 248 g/mol. The molecule has 0 bridgehead atoms. The fourth-order valence-corrected chi connectivity index (χ4v) is 1.77. The van der Waals surface area contributed by atoms with Crippen LogP contribution in [0.15, 0.2) is 78.4 Å². The van der Waals surface area contributed by atoms with Crippen molar-refractivity contribution in [2.24, 2.45) is 0 Å². The number of benzene rings is 2. The molecule has 0 spiro atoms. The summed E-state index contributed by atoms with van der Waals surface area (Å²) in [6.45, 7) is 1.99. The molecule has 0 radical (unpaired) electrons. The SMILES string of the molecule is CC(/C=C\C(=O)c1ccccc1)=C\c1ccccc1. The van der Waals surface area contributed by atoms with Crippen LogP contribution < -0.4 is 0 Å². The highest BCUT2D eigenvalue weighted by Crippen LogP contribution is 2.08. The third kappa shape index (κ3) is 4.07. The first-order valence-corrected chi connectivity index (χ1v) is 6.26. The van der Waals surface area contributed by atoms with Crippen LogP contribution in [0.2, 0.25) is 0 Å². The lowest BCUT2D eigenvalue weighted by molar-refractivity contribution is 0.104. The van der Waals surface area contributed by atoms with Crippen molar-refractivity contribution in [2.45, 2.75) is 6.92 Å². The standard InChI is InChI=1S/C18H16O/c1-15(14-16-8-4-2-5-9-16)12-13-18(19)17-10-6-3-7-11-17/h2-14H,1H3/b13-12-,15-14+. The molecule has 0 amide bonds. The second kappa shape index (κ2) is 6.50. The molecule has 0 saturated carbocycles. The molecule has 19 heavy (non-hydrogen) atoms. The van der Waals surface area contributed by atoms with Gasteiger partial charge in [-0.1, -0.05) is 78.4 Å². The van der Waals surface area contributed by atoms with Crippen molar-refractivity contribution < 1.29 is 4.79 Å². The fraction of sp³-hybridized carbons (Fsp3) is 0.0556. The van der Waals surface area contributed by atoms with Crippen LogP contribution in [-0.2, 0) is 0 Å². The summed E-state index contributed by atoms with van der Waals surface area (Å²) in [4.78, 5) is 11.9. The average molecular weight is 248 g/mol. The van der Waals surface area contributed by atoms with E-state index in [0.29, 0.717) is 5.56 Å². The Morgan fingerprint density at radius 1 is 0.842 bits per heavy atom. The largest absolute Gasteiger partial charge is 0.289 e. The van der Waals surface area contributed by atoms with Crippen LogP contribution >= 0.6 is 0 Å². The highest BCUT2D eigenvalue weighted by atomic mass is 16.1. The number of hydrogen-bond acceptors (Lipinski definition) is 1. The predicted octanol–water partition coefficient (Wildman–Crippen LogP) is 4.53. The summed E-state index contributed by atoms with van der Waals surface area (Å²) in [5, 5.41) is 0. The first-order valence-electron chi connectivity index (χ1n) is 6.26. The maximum Gasteiger partial charge on any atom is 0.185 e. The Hall–Kier alpha value is -2.41. The van der Waals surface area contributed by atoms with E-state index in [1.807, 2.05) is 73.7 Å². The third-order valence-corrected chi connectivity index (χ3v) is 2.75. The van der Waals surface area contributed by atoms with Gasteiger partial charge < -0.3 is 0 Å². The van der Waals surface area contributed by atoms with Crippen molar-refractivity contribution in [3.05, 3.63) is 89.5 Å². The van der Waals surface area contributed by atoms with Crippen LogP contribution in [0.5, 0.6) is 0 Å². The topological polar surface area (TPSA) is 17.1 Å². The van der Waals surface area contributed by atoms with Gasteiger partial charge in [0.15, 0.2) is 5.78 Å². The Kier molecular flexibility index (Phi) is 4.46. The molecule has 0 aliphatic rings. The Labute approximate surface area is 113 Å². The Morgan fingerprint density at radius 2 is 1.42 bits per heavy atom. The van der Waals surface area contributed by atoms with Gasteiger partial charge >= 0.3 is 0 Å². The summed E-state index contributed by atoms with van der Waals surface area (Å²) < 4.78 is 0. The van der Waals surface area contributed by atoms with E-state index in [2.05, 4.69) is 6.08 Å². The van der Waals surface area contributed by atoms with E-state index in [4.69, 9.17) is 0 Å². The van der Waals surface area contributed by atoms with Gasteiger partial charge in [0, 0.05) is 5.56 Å². The van der Waals surface area contributed by atoms with Gasteiger partial charge in [-0.3, -0.25) is 4.79 Å². The average Bonchev–Trinajstić information content (AvgIpc) is 2.47. The second-order valence-corrected chi connectivity index (χ2v) is 4.36. The summed E-state index contributed by atoms with van der Waals surface area (Å²) in [5.74, 6) is 0.0291. The Bertz CT molecular complexity index is 592. The number of rotatable bonds is 4. The summed E-state index contributed by atoms with van der Waals surface area (Å²) in [7, 11) is 0. The van der Waals surface area contributed by atoms with Crippen LogP contribution in [0.25, 0.3) is 6.08 Å². The zero-order valence-electron chi connectivity index (χ0n) is 10.9. The van der Waals surface area contributed by atoms with E-state index in [1.54, 1.807) is 6.08 Å². The van der Waals surface area contributed by atoms with Crippen molar-refractivity contribution in [2.75, 3.05) is 0 Å². The number of carbonyl (C=O) groups is 1. The molecular formula is C18H16O. The number of hydrogen-bond donors (Lipinski definition) is 0. The van der Waals surface area contributed by atoms with Gasteiger partial charge in [-0.2, -0.15) is 0 Å². The predicted molar refractivity (Wildman–Crippen MR) is 80.0 cm³/mol. The fourth-order valence-electron chi connectivity index (χ4n) is 1.77. The van der Waals surface area contributed by atoms with Gasteiger partial charge in [0.1, 0.15) is 0 Å². The quantitative estimate of drug-likeness (QED) is 0.441.